The average molecular weight is 352 g/mol. The van der Waals surface area contributed by atoms with Crippen LogP contribution in [0.25, 0.3) is 0 Å². The molecular weight excluding hydrogens is 328 g/mol. The second-order valence-corrected chi connectivity index (χ2v) is 6.73. The predicted octanol–water partition coefficient (Wildman–Crippen LogP) is 0.977. The number of nitrogens with two attached hydrogens (primary N) is 1. The second kappa shape index (κ2) is 7.10. The number of esters is 1. The van der Waals surface area contributed by atoms with Crippen LogP contribution < -0.4 is 10.5 Å². The van der Waals surface area contributed by atoms with E-state index in [1.54, 1.807) is 34.9 Å². The summed E-state index contributed by atoms with van der Waals surface area (Å²) in [6.45, 7) is 4.80. The lowest BCUT2D eigenvalue weighted by molar-refractivity contribution is -0.169. The second-order valence-electron chi connectivity index (χ2n) is 6.73. The molecule has 0 aliphatic rings. The summed E-state index contributed by atoms with van der Waals surface area (Å²) >= 11 is 0. The number of aliphatic carboxylic acids is 1. The first kappa shape index (κ1) is 20.4. The molecule has 0 radical (unpaired) electrons. The Balaban J connectivity index is 3.49. The summed E-state index contributed by atoms with van der Waals surface area (Å²) in [5.41, 5.74) is 2.69. The van der Waals surface area contributed by atoms with E-state index >= 15 is 0 Å². The number of benzene rings is 1. The molecule has 0 aromatic heterocycles. The molecule has 3 N–H and O–H groups in total. The highest BCUT2D eigenvalue weighted by atomic mass is 16.6. The highest BCUT2D eigenvalue weighted by molar-refractivity contribution is 6.06. The zero-order valence-corrected chi connectivity index (χ0v) is 15.2. The van der Waals surface area contributed by atoms with Gasteiger partial charge in [-0.2, -0.15) is 0 Å². The minimum atomic E-state index is -2.47. The summed E-state index contributed by atoms with van der Waals surface area (Å²) < 4.78 is 10.3. The molecule has 0 bridgehead atoms. The number of nitrogens with zero attached hydrogens (tertiary/aromatic N) is 1. The van der Waals surface area contributed by atoms with Gasteiger partial charge in [-0.25, -0.2) is 9.59 Å². The van der Waals surface area contributed by atoms with Crippen molar-refractivity contribution in [3.05, 3.63) is 29.3 Å². The van der Waals surface area contributed by atoms with Crippen molar-refractivity contribution in [3.63, 3.8) is 0 Å². The van der Waals surface area contributed by atoms with E-state index < -0.39 is 23.1 Å². The van der Waals surface area contributed by atoms with Gasteiger partial charge >= 0.3 is 11.9 Å². The van der Waals surface area contributed by atoms with Crippen LogP contribution in [0.4, 0.5) is 0 Å². The Labute approximate surface area is 146 Å². The molecule has 1 aromatic carbocycles. The summed E-state index contributed by atoms with van der Waals surface area (Å²) in [4.78, 5) is 37.7. The molecule has 1 amide bonds. The number of ether oxygens (including phenoxy) is 2. The van der Waals surface area contributed by atoms with Crippen LogP contribution in [0, 0.1) is 0 Å². The summed E-state index contributed by atoms with van der Waals surface area (Å²) in [5.74, 6) is -3.02. The van der Waals surface area contributed by atoms with Gasteiger partial charge in [0.15, 0.2) is 0 Å². The van der Waals surface area contributed by atoms with E-state index in [0.717, 1.165) is 0 Å². The van der Waals surface area contributed by atoms with E-state index in [9.17, 15) is 19.5 Å². The van der Waals surface area contributed by atoms with Crippen molar-refractivity contribution in [2.45, 2.75) is 31.9 Å². The quantitative estimate of drug-likeness (QED) is 0.599. The van der Waals surface area contributed by atoms with Crippen molar-refractivity contribution in [1.82, 2.24) is 4.90 Å². The van der Waals surface area contributed by atoms with E-state index in [-0.39, 0.29) is 22.8 Å². The highest BCUT2D eigenvalue weighted by Crippen LogP contribution is 2.32. The van der Waals surface area contributed by atoms with Crippen LogP contribution in [0.15, 0.2) is 18.2 Å². The molecule has 0 aliphatic heterocycles. The Kier molecular flexibility index (Phi) is 5.80. The van der Waals surface area contributed by atoms with Crippen LogP contribution >= 0.6 is 0 Å². The minimum absolute atomic E-state index is 0.00320. The number of carbonyl (C=O) groups is 3. The first-order chi connectivity index (χ1) is 11.3. The molecule has 0 saturated heterocycles. The van der Waals surface area contributed by atoms with Gasteiger partial charge in [-0.15, -0.1) is 0 Å². The molecule has 1 rings (SSSR count). The molecule has 0 saturated carbocycles. The van der Waals surface area contributed by atoms with Crippen LogP contribution in [0.5, 0.6) is 5.75 Å². The fourth-order valence-corrected chi connectivity index (χ4v) is 2.08. The maximum atomic E-state index is 12.5. The average Bonchev–Trinajstić information content (AvgIpc) is 2.50. The number of carboxylic acids is 1. The van der Waals surface area contributed by atoms with Crippen LogP contribution in [0.1, 0.15) is 36.7 Å². The van der Waals surface area contributed by atoms with E-state index in [4.69, 9.17) is 15.2 Å². The summed E-state index contributed by atoms with van der Waals surface area (Å²) in [6, 6.07) is 4.01. The Hall–Kier alpha value is -2.61. The van der Waals surface area contributed by atoms with Crippen LogP contribution in [-0.4, -0.2) is 54.7 Å². The van der Waals surface area contributed by atoms with Gasteiger partial charge in [0.1, 0.15) is 11.4 Å². The third kappa shape index (κ3) is 4.27. The number of hydrogen-bond donors (Lipinski definition) is 2. The third-order valence-corrected chi connectivity index (χ3v) is 3.34. The zero-order valence-electron chi connectivity index (χ0n) is 15.2. The smallest absolute Gasteiger partial charge is 0.343 e. The number of carboxylic acid groups (broad SMARTS) is 1. The monoisotopic (exact) mass is 352 g/mol. The van der Waals surface area contributed by atoms with E-state index in [1.165, 1.54) is 30.2 Å². The molecule has 0 spiro atoms. The molecular formula is C17H24N2O6. The molecule has 1 atom stereocenters. The van der Waals surface area contributed by atoms with Crippen LogP contribution in [0.3, 0.4) is 0 Å². The fourth-order valence-electron chi connectivity index (χ4n) is 2.08. The van der Waals surface area contributed by atoms with Crippen molar-refractivity contribution >= 4 is 17.8 Å². The van der Waals surface area contributed by atoms with Gasteiger partial charge in [0.05, 0.1) is 7.11 Å². The SMILES string of the molecule is COc1cc(C(=O)N(C)C)ccc1[C@@](N)(C(=O)O)C(=O)OC(C)(C)C. The molecule has 0 fully saturated rings. The molecule has 138 valence electrons. The molecule has 8 heteroatoms. The van der Waals surface area contributed by atoms with Crippen molar-refractivity contribution in [1.29, 1.82) is 0 Å². The van der Waals surface area contributed by atoms with Crippen molar-refractivity contribution < 1.29 is 29.0 Å². The molecule has 25 heavy (non-hydrogen) atoms. The standard InChI is InChI=1S/C17H24N2O6/c1-16(2,3)25-15(23)17(18,14(21)22)11-8-7-10(9-12(11)24-6)13(20)19(4)5/h7-9H,18H2,1-6H3,(H,21,22)/t17-/m1/s1. The van der Waals surface area contributed by atoms with E-state index in [0.29, 0.717) is 0 Å². The number of methoxy groups -OCH3 is 1. The number of rotatable bonds is 5. The van der Waals surface area contributed by atoms with Gasteiger partial charge in [-0.1, -0.05) is 6.07 Å². The number of carbonyl (C=O) groups excluding carboxylic acids is 2. The van der Waals surface area contributed by atoms with Crippen molar-refractivity contribution in [3.8, 4) is 5.75 Å². The lowest BCUT2D eigenvalue weighted by Gasteiger charge is -2.29. The largest absolute Gasteiger partial charge is 0.496 e. The number of amides is 1. The highest BCUT2D eigenvalue weighted by Gasteiger charge is 2.49. The van der Waals surface area contributed by atoms with E-state index in [2.05, 4.69) is 0 Å². The van der Waals surface area contributed by atoms with Crippen molar-refractivity contribution in [2.75, 3.05) is 21.2 Å². The van der Waals surface area contributed by atoms with Crippen molar-refractivity contribution in [2.24, 2.45) is 5.73 Å². The molecule has 0 aliphatic carbocycles. The van der Waals surface area contributed by atoms with E-state index in [1.807, 2.05) is 0 Å². The predicted molar refractivity (Wildman–Crippen MR) is 90.4 cm³/mol. The third-order valence-electron chi connectivity index (χ3n) is 3.34. The number of hydrogen-bond acceptors (Lipinski definition) is 6. The summed E-state index contributed by atoms with van der Waals surface area (Å²) in [5, 5.41) is 9.58. The zero-order chi connectivity index (χ0) is 19.6. The van der Waals surface area contributed by atoms with Crippen LogP contribution in [-0.2, 0) is 19.9 Å². The molecule has 0 heterocycles. The maximum absolute atomic E-state index is 12.5. The molecule has 8 nitrogen and oxygen atoms in total. The Bertz CT molecular complexity index is 693. The minimum Gasteiger partial charge on any atom is -0.496 e. The van der Waals surface area contributed by atoms with Gasteiger partial charge in [-0.3, -0.25) is 4.79 Å². The lowest BCUT2D eigenvalue weighted by Crippen LogP contribution is -2.54. The van der Waals surface area contributed by atoms with Gasteiger partial charge in [0.2, 0.25) is 5.54 Å². The summed E-state index contributed by atoms with van der Waals surface area (Å²) in [6.07, 6.45) is 0. The fraction of sp³-hybridized carbons (Fsp3) is 0.471. The van der Waals surface area contributed by atoms with Crippen LogP contribution in [0.2, 0.25) is 0 Å². The molecule has 0 unspecified atom stereocenters. The van der Waals surface area contributed by atoms with Gasteiger partial charge < -0.3 is 25.2 Å². The molecule has 1 aromatic rings. The lowest BCUT2D eigenvalue weighted by atomic mass is 9.89. The Morgan fingerprint density at radius 2 is 1.72 bits per heavy atom. The maximum Gasteiger partial charge on any atom is 0.343 e. The van der Waals surface area contributed by atoms with Gasteiger partial charge in [0.25, 0.3) is 5.91 Å². The van der Waals surface area contributed by atoms with Gasteiger partial charge in [-0.05, 0) is 32.9 Å². The summed E-state index contributed by atoms with van der Waals surface area (Å²) in [7, 11) is 4.45. The Morgan fingerprint density at radius 3 is 2.12 bits per heavy atom. The first-order valence-electron chi connectivity index (χ1n) is 7.50. The van der Waals surface area contributed by atoms with Gasteiger partial charge in [0, 0.05) is 25.2 Å². The Morgan fingerprint density at radius 1 is 1.16 bits per heavy atom. The topological polar surface area (TPSA) is 119 Å². The normalized spacial score (nSPS) is 13.6. The first-order valence-corrected chi connectivity index (χ1v) is 7.50.